The Morgan fingerprint density at radius 3 is 1.53 bits per heavy atom. The lowest BCUT2D eigenvalue weighted by Crippen LogP contribution is -2.44. The highest BCUT2D eigenvalue weighted by atomic mass is 79.9. The number of hydrogen-bond donors (Lipinski definition) is 0. The summed E-state index contributed by atoms with van der Waals surface area (Å²) in [7, 11) is -0.848. The molecular weight excluding hydrogens is 328 g/mol. The lowest BCUT2D eigenvalue weighted by molar-refractivity contribution is 0.805. The van der Waals surface area contributed by atoms with Gasteiger partial charge in [-0.05, 0) is 18.1 Å². The van der Waals surface area contributed by atoms with Crippen molar-refractivity contribution >= 4 is 30.1 Å². The average molecular weight is 364 g/mol. The van der Waals surface area contributed by atoms with Crippen molar-refractivity contribution in [1.29, 1.82) is 0 Å². The van der Waals surface area contributed by atoms with Gasteiger partial charge in [-0.25, -0.2) is 0 Å². The molecule has 0 amide bonds. The summed E-state index contributed by atoms with van der Waals surface area (Å²) in [5.74, 6) is 0. The largest absolute Gasteiger partial charge is 0.129 e. The Bertz CT molecular complexity index is 225. The van der Waals surface area contributed by atoms with Crippen LogP contribution in [0.3, 0.4) is 0 Å². The zero-order chi connectivity index (χ0) is 14.2. The minimum absolute atomic E-state index is 0.848. The minimum Gasteiger partial charge on any atom is -0.126 e. The molecule has 0 spiro atoms. The zero-order valence-electron chi connectivity index (χ0n) is 13.6. The average Bonchev–Trinajstić information content (AvgIpc) is 2.44. The predicted molar refractivity (Wildman–Crippen MR) is 98.8 cm³/mol. The standard InChI is InChI=1S/C16H35BrSi2/c1-4-7-10-18(11-8-5-2)13-15-19(17,16-14-18)12-9-6-3/h4-16H2,1-3H3. The predicted octanol–water partition coefficient (Wildman–Crippen LogP) is 7.19. The molecule has 0 aromatic rings. The van der Waals surface area contributed by atoms with Crippen molar-refractivity contribution < 1.29 is 0 Å². The first-order valence-corrected chi connectivity index (χ1v) is 16.5. The van der Waals surface area contributed by atoms with E-state index in [2.05, 4.69) is 36.1 Å². The lowest BCUT2D eigenvalue weighted by Gasteiger charge is -2.42. The maximum atomic E-state index is 4.25. The quantitative estimate of drug-likeness (QED) is 0.300. The normalized spacial score (nSPS) is 21.5. The van der Waals surface area contributed by atoms with Crippen molar-refractivity contribution in [3.8, 4) is 0 Å². The summed E-state index contributed by atoms with van der Waals surface area (Å²) in [5.41, 5.74) is 0. The van der Waals surface area contributed by atoms with Crippen LogP contribution in [0.1, 0.15) is 59.3 Å². The van der Waals surface area contributed by atoms with Gasteiger partial charge in [0.2, 0.25) is 0 Å². The molecule has 0 aromatic heterocycles. The van der Waals surface area contributed by atoms with Crippen LogP contribution in [-0.4, -0.2) is 14.8 Å². The molecule has 19 heavy (non-hydrogen) atoms. The van der Waals surface area contributed by atoms with Crippen LogP contribution >= 0.6 is 15.3 Å². The molecule has 1 aliphatic rings. The molecule has 0 N–H and O–H groups in total. The first kappa shape index (κ1) is 18.0. The van der Waals surface area contributed by atoms with Gasteiger partial charge in [0.25, 0.3) is 0 Å². The Hall–Kier alpha value is 0.914. The van der Waals surface area contributed by atoms with Gasteiger partial charge in [0, 0.05) is 0 Å². The Labute approximate surface area is 131 Å². The minimum atomic E-state index is -0.978. The van der Waals surface area contributed by atoms with E-state index in [0.29, 0.717) is 0 Å². The fourth-order valence-electron chi connectivity index (χ4n) is 3.70. The molecule has 1 saturated heterocycles. The van der Waals surface area contributed by atoms with Crippen molar-refractivity contribution in [2.24, 2.45) is 0 Å². The molecule has 0 nitrogen and oxygen atoms in total. The summed E-state index contributed by atoms with van der Waals surface area (Å²) in [6, 6.07) is 11.4. The smallest absolute Gasteiger partial charge is 0.126 e. The fraction of sp³-hybridized carbons (Fsp3) is 1.00. The Morgan fingerprint density at radius 2 is 1.11 bits per heavy atom. The van der Waals surface area contributed by atoms with Gasteiger partial charge in [-0.2, -0.15) is 0 Å². The van der Waals surface area contributed by atoms with Crippen LogP contribution in [0.25, 0.3) is 0 Å². The van der Waals surface area contributed by atoms with Gasteiger partial charge in [0.1, 0.15) is 6.69 Å². The van der Waals surface area contributed by atoms with E-state index in [1.807, 2.05) is 0 Å². The van der Waals surface area contributed by atoms with Crippen molar-refractivity contribution in [3.05, 3.63) is 0 Å². The van der Waals surface area contributed by atoms with E-state index < -0.39 is 14.8 Å². The van der Waals surface area contributed by atoms with Crippen molar-refractivity contribution in [2.45, 2.75) is 102 Å². The van der Waals surface area contributed by atoms with E-state index in [1.54, 1.807) is 42.3 Å². The Kier molecular flexibility index (Phi) is 8.55. The maximum absolute atomic E-state index is 4.25. The SMILES string of the molecule is CCCC[Si]1(Br)CC[Si](CCCC)(CCCC)CC1. The Balaban J connectivity index is 2.52. The second kappa shape index (κ2) is 9.04. The number of hydrogen-bond acceptors (Lipinski definition) is 0. The van der Waals surface area contributed by atoms with E-state index in [1.165, 1.54) is 38.5 Å². The molecule has 0 atom stereocenters. The van der Waals surface area contributed by atoms with E-state index >= 15 is 0 Å². The van der Waals surface area contributed by atoms with Gasteiger partial charge in [0.15, 0.2) is 0 Å². The molecule has 0 radical (unpaired) electrons. The molecule has 0 saturated carbocycles. The summed E-state index contributed by atoms with van der Waals surface area (Å²) in [6.45, 7) is 6.11. The van der Waals surface area contributed by atoms with Gasteiger partial charge >= 0.3 is 0 Å². The molecule has 1 heterocycles. The van der Waals surface area contributed by atoms with Crippen molar-refractivity contribution in [1.82, 2.24) is 0 Å². The van der Waals surface area contributed by atoms with Gasteiger partial charge in [-0.3, -0.25) is 0 Å². The second-order valence-corrected chi connectivity index (χ2v) is 20.8. The van der Waals surface area contributed by atoms with Crippen molar-refractivity contribution in [2.75, 3.05) is 0 Å². The van der Waals surface area contributed by atoms with Crippen LogP contribution in [0.4, 0.5) is 0 Å². The number of halogens is 1. The van der Waals surface area contributed by atoms with Crippen LogP contribution in [0.5, 0.6) is 0 Å². The molecule has 0 unspecified atom stereocenters. The molecule has 1 rings (SSSR count). The van der Waals surface area contributed by atoms with E-state index in [0.717, 1.165) is 0 Å². The first-order valence-electron chi connectivity index (χ1n) is 8.79. The second-order valence-electron chi connectivity index (χ2n) is 6.96. The maximum Gasteiger partial charge on any atom is 0.129 e. The van der Waals surface area contributed by atoms with E-state index in [9.17, 15) is 0 Å². The van der Waals surface area contributed by atoms with E-state index in [-0.39, 0.29) is 0 Å². The highest BCUT2D eigenvalue weighted by Crippen LogP contribution is 2.46. The molecule has 1 fully saturated rings. The van der Waals surface area contributed by atoms with Crippen LogP contribution in [0.2, 0.25) is 42.3 Å². The summed E-state index contributed by atoms with van der Waals surface area (Å²) in [5, 5.41) is 0. The molecule has 0 aromatic carbocycles. The van der Waals surface area contributed by atoms with Crippen molar-refractivity contribution in [3.63, 3.8) is 0 Å². The first-order chi connectivity index (χ1) is 9.10. The molecule has 1 aliphatic heterocycles. The third kappa shape index (κ3) is 6.05. The molecule has 114 valence electrons. The van der Waals surface area contributed by atoms with Gasteiger partial charge < -0.3 is 0 Å². The number of unbranched alkanes of at least 4 members (excludes halogenated alkanes) is 3. The highest BCUT2D eigenvalue weighted by Gasteiger charge is 2.42. The van der Waals surface area contributed by atoms with E-state index in [4.69, 9.17) is 0 Å². The molecule has 0 bridgehead atoms. The third-order valence-electron chi connectivity index (χ3n) is 5.31. The van der Waals surface area contributed by atoms with Crippen LogP contribution in [0, 0.1) is 0 Å². The van der Waals surface area contributed by atoms with Gasteiger partial charge in [-0.15, -0.1) is 15.3 Å². The zero-order valence-corrected chi connectivity index (χ0v) is 17.2. The van der Waals surface area contributed by atoms with Gasteiger partial charge in [-0.1, -0.05) is 83.5 Å². The summed E-state index contributed by atoms with van der Waals surface area (Å²) in [6.07, 6.45) is 8.70. The topological polar surface area (TPSA) is 0 Å². The lowest BCUT2D eigenvalue weighted by atomic mass is 10.4. The monoisotopic (exact) mass is 362 g/mol. The van der Waals surface area contributed by atoms with Gasteiger partial charge in [0.05, 0.1) is 8.07 Å². The Morgan fingerprint density at radius 1 is 0.684 bits per heavy atom. The summed E-state index contributed by atoms with van der Waals surface area (Å²) >= 11 is 4.25. The molecule has 0 aliphatic carbocycles. The van der Waals surface area contributed by atoms with Crippen LogP contribution < -0.4 is 0 Å². The highest BCUT2D eigenvalue weighted by molar-refractivity contribution is 9.26. The van der Waals surface area contributed by atoms with Crippen LogP contribution in [-0.2, 0) is 0 Å². The summed E-state index contributed by atoms with van der Waals surface area (Å²) in [4.78, 5) is 0. The third-order valence-corrected chi connectivity index (χ3v) is 18.9. The summed E-state index contributed by atoms with van der Waals surface area (Å²) < 4.78 is 0. The van der Waals surface area contributed by atoms with Crippen LogP contribution in [0.15, 0.2) is 0 Å². The molecule has 3 heteroatoms. The fourth-order valence-corrected chi connectivity index (χ4v) is 21.4. The number of rotatable bonds is 9. The molecular formula is C16H35BrSi2.